The van der Waals surface area contributed by atoms with E-state index in [1.54, 1.807) is 6.21 Å². The van der Waals surface area contributed by atoms with Crippen LogP contribution in [0.15, 0.2) is 12.1 Å². The lowest BCUT2D eigenvalue weighted by atomic mass is 9.77. The summed E-state index contributed by atoms with van der Waals surface area (Å²) in [7, 11) is 0. The minimum atomic E-state index is 0.117. The molecule has 0 amide bonds. The van der Waals surface area contributed by atoms with Crippen molar-refractivity contribution in [2.75, 3.05) is 6.79 Å². The molecule has 1 aromatic carbocycles. The Morgan fingerprint density at radius 3 is 2.78 bits per heavy atom. The highest BCUT2D eigenvalue weighted by atomic mass is 16.7. The Kier molecular flexibility index (Phi) is 2.07. The van der Waals surface area contributed by atoms with Gasteiger partial charge in [-0.1, -0.05) is 6.42 Å². The maximum absolute atomic E-state index is 12.1. The van der Waals surface area contributed by atoms with Gasteiger partial charge in [-0.15, -0.1) is 0 Å². The number of nitrogens with zero attached hydrogens (tertiary/aromatic N) is 1. The highest BCUT2D eigenvalue weighted by Gasteiger charge is 2.38. The molecule has 94 valence electrons. The van der Waals surface area contributed by atoms with Gasteiger partial charge in [-0.3, -0.25) is 0 Å². The third kappa shape index (κ3) is 1.35. The standard InChI is InChI=1S/C14H15NO3/c16-15-7-9-5-13-14(18-8-17-13)6-11(9)10-3-1-2-4-12(10)15/h5-7,10,12H,1-4,8H2. The summed E-state index contributed by atoms with van der Waals surface area (Å²) in [5.74, 6) is 1.93. The van der Waals surface area contributed by atoms with Crippen molar-refractivity contribution in [3.63, 3.8) is 0 Å². The molecule has 1 aromatic rings. The average Bonchev–Trinajstić information content (AvgIpc) is 2.84. The molecule has 0 saturated heterocycles. The second-order valence-corrected chi connectivity index (χ2v) is 5.28. The van der Waals surface area contributed by atoms with Crippen LogP contribution in [0.3, 0.4) is 0 Å². The first-order valence-electron chi connectivity index (χ1n) is 6.57. The summed E-state index contributed by atoms with van der Waals surface area (Å²) in [6.07, 6.45) is 6.18. The van der Waals surface area contributed by atoms with E-state index in [4.69, 9.17) is 9.47 Å². The fourth-order valence-corrected chi connectivity index (χ4v) is 3.42. The molecule has 0 N–H and O–H groups in total. The molecule has 4 rings (SSSR count). The predicted octanol–water partition coefficient (Wildman–Crippen LogP) is 2.38. The van der Waals surface area contributed by atoms with Gasteiger partial charge in [0.15, 0.2) is 23.8 Å². The normalized spacial score (nSPS) is 28.3. The summed E-state index contributed by atoms with van der Waals surface area (Å²) >= 11 is 0. The highest BCUT2D eigenvalue weighted by Crippen LogP contribution is 2.43. The Hall–Kier alpha value is -1.71. The molecule has 1 saturated carbocycles. The fraction of sp³-hybridized carbons (Fsp3) is 0.500. The lowest BCUT2D eigenvalue weighted by molar-refractivity contribution is -0.506. The van der Waals surface area contributed by atoms with Crippen molar-refractivity contribution in [3.8, 4) is 11.5 Å². The molecule has 18 heavy (non-hydrogen) atoms. The molecule has 2 unspecified atom stereocenters. The molecule has 0 radical (unpaired) electrons. The van der Waals surface area contributed by atoms with Crippen molar-refractivity contribution in [3.05, 3.63) is 28.5 Å². The van der Waals surface area contributed by atoms with Crippen LogP contribution in [0.5, 0.6) is 11.5 Å². The minimum Gasteiger partial charge on any atom is -0.624 e. The number of fused-ring (bicyclic) bond motifs is 4. The number of ether oxygens (including phenoxy) is 2. The van der Waals surface area contributed by atoms with E-state index >= 15 is 0 Å². The first kappa shape index (κ1) is 10.2. The SMILES string of the molecule is [O-][N+]1=Cc2cc3c(cc2C2CCCCC21)OCO3. The summed E-state index contributed by atoms with van der Waals surface area (Å²) in [5, 5.41) is 12.1. The smallest absolute Gasteiger partial charge is 0.231 e. The minimum absolute atomic E-state index is 0.117. The van der Waals surface area contributed by atoms with Crippen LogP contribution in [0, 0.1) is 5.21 Å². The maximum atomic E-state index is 12.1. The summed E-state index contributed by atoms with van der Waals surface area (Å²) in [6.45, 7) is 0.285. The molecule has 1 fully saturated rings. The third-order valence-corrected chi connectivity index (χ3v) is 4.30. The van der Waals surface area contributed by atoms with Gasteiger partial charge in [0.05, 0.1) is 0 Å². The Balaban J connectivity index is 1.86. The van der Waals surface area contributed by atoms with Crippen LogP contribution in [-0.4, -0.2) is 23.8 Å². The van der Waals surface area contributed by atoms with Crippen LogP contribution in [0.25, 0.3) is 0 Å². The van der Waals surface area contributed by atoms with Crippen molar-refractivity contribution in [2.24, 2.45) is 0 Å². The van der Waals surface area contributed by atoms with Gasteiger partial charge < -0.3 is 14.7 Å². The highest BCUT2D eigenvalue weighted by molar-refractivity contribution is 5.81. The van der Waals surface area contributed by atoms with Crippen molar-refractivity contribution in [2.45, 2.75) is 37.6 Å². The van der Waals surface area contributed by atoms with Crippen molar-refractivity contribution < 1.29 is 14.2 Å². The van der Waals surface area contributed by atoms with E-state index in [-0.39, 0.29) is 12.8 Å². The zero-order valence-corrected chi connectivity index (χ0v) is 10.1. The first-order chi connectivity index (χ1) is 8.83. The van der Waals surface area contributed by atoms with Crippen LogP contribution < -0.4 is 9.47 Å². The van der Waals surface area contributed by atoms with E-state index in [1.807, 2.05) is 6.07 Å². The summed E-state index contributed by atoms with van der Waals surface area (Å²) < 4.78 is 12.0. The van der Waals surface area contributed by atoms with Crippen molar-refractivity contribution in [1.82, 2.24) is 0 Å². The molecule has 2 atom stereocenters. The summed E-state index contributed by atoms with van der Waals surface area (Å²) in [5.41, 5.74) is 2.26. The zero-order chi connectivity index (χ0) is 12.1. The van der Waals surface area contributed by atoms with Crippen LogP contribution in [0.2, 0.25) is 0 Å². The van der Waals surface area contributed by atoms with Gasteiger partial charge in [-0.05, 0) is 30.5 Å². The predicted molar refractivity (Wildman–Crippen MR) is 66.4 cm³/mol. The quantitative estimate of drug-likeness (QED) is 0.520. The molecule has 0 aromatic heterocycles. The van der Waals surface area contributed by atoms with Gasteiger partial charge in [-0.2, -0.15) is 0 Å². The van der Waals surface area contributed by atoms with Gasteiger partial charge >= 0.3 is 0 Å². The molecular weight excluding hydrogens is 230 g/mol. The average molecular weight is 245 g/mol. The van der Waals surface area contributed by atoms with E-state index in [9.17, 15) is 5.21 Å². The summed E-state index contributed by atoms with van der Waals surface area (Å²) in [6, 6.07) is 4.13. The van der Waals surface area contributed by atoms with Gasteiger partial charge in [0.1, 0.15) is 0 Å². The molecule has 2 aliphatic heterocycles. The Labute approximate surface area is 105 Å². The number of hydrogen-bond donors (Lipinski definition) is 0. The Bertz CT molecular complexity index is 538. The number of hydroxylamine groups is 1. The Morgan fingerprint density at radius 2 is 1.89 bits per heavy atom. The molecule has 3 aliphatic rings. The monoisotopic (exact) mass is 245 g/mol. The molecule has 4 heteroatoms. The molecule has 4 nitrogen and oxygen atoms in total. The molecular formula is C14H15NO3. The van der Waals surface area contributed by atoms with Gasteiger partial charge in [0.2, 0.25) is 6.79 Å². The number of rotatable bonds is 0. The zero-order valence-electron chi connectivity index (χ0n) is 10.1. The van der Waals surface area contributed by atoms with Gasteiger partial charge in [0, 0.05) is 17.9 Å². The summed E-state index contributed by atoms with van der Waals surface area (Å²) in [4.78, 5) is 0. The van der Waals surface area contributed by atoms with Gasteiger partial charge in [0.25, 0.3) is 0 Å². The van der Waals surface area contributed by atoms with Crippen molar-refractivity contribution in [1.29, 1.82) is 0 Å². The Morgan fingerprint density at radius 1 is 1.11 bits per heavy atom. The lowest BCUT2D eigenvalue weighted by Crippen LogP contribution is -2.36. The second-order valence-electron chi connectivity index (χ2n) is 5.28. The van der Waals surface area contributed by atoms with Crippen molar-refractivity contribution >= 4 is 6.21 Å². The number of benzene rings is 1. The molecule has 2 heterocycles. The second kappa shape index (κ2) is 3.64. The van der Waals surface area contributed by atoms with Gasteiger partial charge in [-0.25, -0.2) is 4.74 Å². The fourth-order valence-electron chi connectivity index (χ4n) is 3.42. The van der Waals surface area contributed by atoms with E-state index in [0.717, 1.165) is 41.1 Å². The van der Waals surface area contributed by atoms with Crippen LogP contribution in [-0.2, 0) is 0 Å². The first-order valence-corrected chi connectivity index (χ1v) is 6.57. The third-order valence-electron chi connectivity index (χ3n) is 4.30. The van der Waals surface area contributed by atoms with Crippen LogP contribution in [0.4, 0.5) is 0 Å². The van der Waals surface area contributed by atoms with Crippen LogP contribution >= 0.6 is 0 Å². The lowest BCUT2D eigenvalue weighted by Gasteiger charge is -2.33. The van der Waals surface area contributed by atoms with E-state index in [1.165, 1.54) is 12.0 Å². The van der Waals surface area contributed by atoms with Crippen LogP contribution in [0.1, 0.15) is 42.7 Å². The van der Waals surface area contributed by atoms with E-state index in [0.29, 0.717) is 5.92 Å². The largest absolute Gasteiger partial charge is 0.624 e. The topological polar surface area (TPSA) is 44.5 Å². The van der Waals surface area contributed by atoms with E-state index < -0.39 is 0 Å². The maximum Gasteiger partial charge on any atom is 0.231 e. The number of hydrogen-bond acceptors (Lipinski definition) is 3. The molecule has 0 spiro atoms. The molecule has 0 bridgehead atoms. The van der Waals surface area contributed by atoms with E-state index in [2.05, 4.69) is 6.07 Å². The molecule has 1 aliphatic carbocycles.